The van der Waals surface area contributed by atoms with Crippen molar-refractivity contribution in [2.24, 2.45) is 10.8 Å². The Balaban J connectivity index is 1.89. The molecule has 1 aromatic heterocycles. The molecule has 1 aliphatic heterocycles. The van der Waals surface area contributed by atoms with Gasteiger partial charge in [0.05, 0.1) is 43.8 Å². The Bertz CT molecular complexity index is 890. The molecule has 9 heteroatoms. The minimum atomic E-state index is -1.02. The Morgan fingerprint density at radius 3 is 2.49 bits per heavy atom. The lowest BCUT2D eigenvalue weighted by Gasteiger charge is -2.40. The third-order valence-electron chi connectivity index (χ3n) is 7.72. The number of nitrogens with zero attached hydrogens (tertiary/aromatic N) is 5. The molecule has 0 spiro atoms. The molecule has 1 aromatic rings. The first kappa shape index (κ1) is 27.6. The first-order valence-electron chi connectivity index (χ1n) is 12.8. The summed E-state index contributed by atoms with van der Waals surface area (Å²) in [6.45, 7) is 9.25. The molecule has 2 aliphatic rings. The van der Waals surface area contributed by atoms with Crippen LogP contribution in [0.2, 0.25) is 0 Å². The highest BCUT2D eigenvalue weighted by Crippen LogP contribution is 2.45. The van der Waals surface area contributed by atoms with Crippen molar-refractivity contribution in [2.75, 3.05) is 61.2 Å². The van der Waals surface area contributed by atoms with Gasteiger partial charge in [0.15, 0.2) is 0 Å². The molecule has 1 amide bonds. The minimum absolute atomic E-state index is 0.0653. The van der Waals surface area contributed by atoms with Crippen molar-refractivity contribution in [1.29, 1.82) is 5.26 Å². The van der Waals surface area contributed by atoms with E-state index < -0.39 is 5.41 Å². The molecule has 2 heterocycles. The van der Waals surface area contributed by atoms with E-state index in [1.807, 2.05) is 11.9 Å². The predicted octanol–water partition coefficient (Wildman–Crippen LogP) is 2.36. The number of rotatable bonds is 11. The van der Waals surface area contributed by atoms with E-state index in [-0.39, 0.29) is 11.3 Å². The van der Waals surface area contributed by atoms with Crippen LogP contribution in [0.1, 0.15) is 62.4 Å². The second-order valence-corrected chi connectivity index (χ2v) is 11.0. The van der Waals surface area contributed by atoms with Crippen molar-refractivity contribution in [3.8, 4) is 6.07 Å². The number of hydrogen-bond donors (Lipinski definition) is 1. The highest BCUT2D eigenvalue weighted by molar-refractivity contribution is 5.84. The summed E-state index contributed by atoms with van der Waals surface area (Å²) in [6.07, 6.45) is 4.19. The summed E-state index contributed by atoms with van der Waals surface area (Å²) >= 11 is 0. The van der Waals surface area contributed by atoms with Crippen molar-refractivity contribution in [1.82, 2.24) is 24.9 Å². The van der Waals surface area contributed by atoms with Gasteiger partial charge in [0.1, 0.15) is 5.41 Å². The quantitative estimate of drug-likeness (QED) is 0.511. The van der Waals surface area contributed by atoms with Crippen molar-refractivity contribution < 1.29 is 14.3 Å². The number of nitriles is 1. The molecular weight excluding hydrogens is 444 g/mol. The largest absolute Gasteiger partial charge is 0.384 e. The molecular formula is C26H44N6O3. The number of methoxy groups -OCH3 is 2. The van der Waals surface area contributed by atoms with E-state index in [4.69, 9.17) is 14.6 Å². The predicted molar refractivity (Wildman–Crippen MR) is 135 cm³/mol. The summed E-state index contributed by atoms with van der Waals surface area (Å²) in [4.78, 5) is 17.3. The SMILES string of the molecule is CNCCN(C)Cc1nn2c(c1C1CCC(COC)(COC)CC1)CN(C(=O)C(C)(C)C#N)CC2. The minimum Gasteiger partial charge on any atom is -0.384 e. The Kier molecular flexibility index (Phi) is 9.33. The van der Waals surface area contributed by atoms with Gasteiger partial charge in [-0.15, -0.1) is 0 Å². The molecule has 3 rings (SSSR count). The maximum atomic E-state index is 13.1. The number of hydrogen-bond acceptors (Lipinski definition) is 7. The molecule has 0 saturated heterocycles. The number of nitrogens with one attached hydrogen (secondary N) is 1. The number of carbonyl (C=O) groups excluding carboxylic acids is 1. The van der Waals surface area contributed by atoms with E-state index in [0.29, 0.717) is 38.8 Å². The third kappa shape index (κ3) is 6.23. The smallest absolute Gasteiger partial charge is 0.242 e. The molecule has 0 unspecified atom stereocenters. The van der Waals surface area contributed by atoms with Crippen molar-refractivity contribution in [3.63, 3.8) is 0 Å². The number of likely N-dealkylation sites (N-methyl/N-ethyl adjacent to an activating group) is 2. The van der Waals surface area contributed by atoms with E-state index in [2.05, 4.69) is 28.0 Å². The molecule has 1 aliphatic carbocycles. The molecule has 0 radical (unpaired) electrons. The van der Waals surface area contributed by atoms with Crippen LogP contribution in [0.4, 0.5) is 0 Å². The zero-order chi connectivity index (χ0) is 25.6. The van der Waals surface area contributed by atoms with Gasteiger partial charge in [0, 0.05) is 51.4 Å². The second-order valence-electron chi connectivity index (χ2n) is 11.0. The summed E-state index contributed by atoms with van der Waals surface area (Å²) in [6, 6.07) is 2.17. The molecule has 196 valence electrons. The Morgan fingerprint density at radius 1 is 1.26 bits per heavy atom. The maximum absolute atomic E-state index is 13.1. The van der Waals surface area contributed by atoms with Gasteiger partial charge in [0.25, 0.3) is 0 Å². The zero-order valence-electron chi connectivity index (χ0n) is 22.5. The Labute approximate surface area is 210 Å². The molecule has 35 heavy (non-hydrogen) atoms. The van der Waals surface area contributed by atoms with Crippen LogP contribution in [0.5, 0.6) is 0 Å². The second kappa shape index (κ2) is 11.8. The van der Waals surface area contributed by atoms with Crippen LogP contribution in [-0.4, -0.2) is 86.7 Å². The normalized spacial score (nSPS) is 18.5. The monoisotopic (exact) mass is 488 g/mol. The standard InChI is InChI=1S/C26H44N6O3/c1-25(2,17-27)24(33)31-13-14-32-22(16-31)23(21(29-32)15-30(4)12-11-28-3)20-7-9-26(10-8-20,18-34-5)19-35-6/h20,28H,7-16,18-19H2,1-6H3. The van der Waals surface area contributed by atoms with Gasteiger partial charge in [-0.05, 0) is 59.5 Å². The van der Waals surface area contributed by atoms with Crippen LogP contribution in [0.3, 0.4) is 0 Å². The Morgan fingerprint density at radius 2 is 1.91 bits per heavy atom. The lowest BCUT2D eigenvalue weighted by Crippen LogP contribution is -2.44. The topological polar surface area (TPSA) is 95.7 Å². The summed E-state index contributed by atoms with van der Waals surface area (Å²) < 4.78 is 13.3. The van der Waals surface area contributed by atoms with E-state index in [1.165, 1.54) is 5.56 Å². The van der Waals surface area contributed by atoms with Gasteiger partial charge >= 0.3 is 0 Å². The van der Waals surface area contributed by atoms with Crippen LogP contribution in [-0.2, 0) is 33.9 Å². The van der Waals surface area contributed by atoms with E-state index in [9.17, 15) is 10.1 Å². The van der Waals surface area contributed by atoms with Crippen LogP contribution in [0.15, 0.2) is 0 Å². The Hall–Kier alpha value is -1.99. The number of amides is 1. The highest BCUT2D eigenvalue weighted by atomic mass is 16.5. The van der Waals surface area contributed by atoms with Gasteiger partial charge in [0.2, 0.25) is 5.91 Å². The lowest BCUT2D eigenvalue weighted by molar-refractivity contribution is -0.139. The van der Waals surface area contributed by atoms with Crippen LogP contribution in [0, 0.1) is 22.2 Å². The van der Waals surface area contributed by atoms with Gasteiger partial charge in [-0.2, -0.15) is 10.4 Å². The molecule has 0 aromatic carbocycles. The van der Waals surface area contributed by atoms with E-state index in [1.54, 1.807) is 28.1 Å². The van der Waals surface area contributed by atoms with Crippen molar-refractivity contribution >= 4 is 5.91 Å². The average molecular weight is 489 g/mol. The molecule has 9 nitrogen and oxygen atoms in total. The maximum Gasteiger partial charge on any atom is 0.242 e. The molecule has 1 N–H and O–H groups in total. The van der Waals surface area contributed by atoms with Crippen LogP contribution >= 0.6 is 0 Å². The third-order valence-corrected chi connectivity index (χ3v) is 7.72. The van der Waals surface area contributed by atoms with Crippen molar-refractivity contribution in [2.45, 2.75) is 65.1 Å². The fourth-order valence-electron chi connectivity index (χ4n) is 5.70. The summed E-state index contributed by atoms with van der Waals surface area (Å²) in [5.74, 6) is 0.293. The van der Waals surface area contributed by atoms with Crippen molar-refractivity contribution in [3.05, 3.63) is 17.0 Å². The molecule has 0 bridgehead atoms. The fraction of sp³-hybridized carbons (Fsp3) is 0.808. The molecule has 0 atom stereocenters. The van der Waals surface area contributed by atoms with Gasteiger partial charge in [-0.3, -0.25) is 14.4 Å². The van der Waals surface area contributed by atoms with E-state index >= 15 is 0 Å². The molecule has 1 fully saturated rings. The van der Waals surface area contributed by atoms with Gasteiger partial charge in [-0.25, -0.2) is 0 Å². The summed E-state index contributed by atoms with van der Waals surface area (Å²) in [7, 11) is 7.64. The van der Waals surface area contributed by atoms with Crippen LogP contribution in [0.25, 0.3) is 0 Å². The fourth-order valence-corrected chi connectivity index (χ4v) is 5.70. The van der Waals surface area contributed by atoms with Crippen LogP contribution < -0.4 is 5.32 Å². The van der Waals surface area contributed by atoms with Gasteiger partial charge < -0.3 is 19.7 Å². The number of aromatic nitrogens is 2. The first-order chi connectivity index (χ1) is 16.7. The number of fused-ring (bicyclic) bond motifs is 1. The zero-order valence-corrected chi connectivity index (χ0v) is 22.5. The number of carbonyl (C=O) groups is 1. The van der Waals surface area contributed by atoms with E-state index in [0.717, 1.165) is 56.7 Å². The summed E-state index contributed by atoms with van der Waals surface area (Å²) in [5.41, 5.74) is 2.63. The lowest BCUT2D eigenvalue weighted by atomic mass is 9.69. The number of ether oxygens (including phenoxy) is 2. The molecule has 1 saturated carbocycles. The van der Waals surface area contributed by atoms with Gasteiger partial charge in [-0.1, -0.05) is 0 Å². The first-order valence-corrected chi connectivity index (χ1v) is 12.8. The summed E-state index contributed by atoms with van der Waals surface area (Å²) in [5, 5.41) is 17.8. The average Bonchev–Trinajstić information content (AvgIpc) is 3.20. The highest BCUT2D eigenvalue weighted by Gasteiger charge is 2.40.